The van der Waals surface area contributed by atoms with Gasteiger partial charge in [-0.25, -0.2) is 0 Å². The van der Waals surface area contributed by atoms with Gasteiger partial charge in [-0.3, -0.25) is 4.79 Å². The van der Waals surface area contributed by atoms with Gasteiger partial charge in [0.05, 0.1) is 0 Å². The topological polar surface area (TPSA) is 26.3 Å². The van der Waals surface area contributed by atoms with Gasteiger partial charge >= 0.3 is 5.97 Å². The van der Waals surface area contributed by atoms with Crippen molar-refractivity contribution >= 4 is 17.3 Å². The summed E-state index contributed by atoms with van der Waals surface area (Å²) in [5.41, 5.74) is 3.81. The van der Waals surface area contributed by atoms with Crippen molar-refractivity contribution in [2.75, 3.05) is 0 Å². The van der Waals surface area contributed by atoms with Crippen molar-refractivity contribution in [3.05, 3.63) is 108 Å². The summed E-state index contributed by atoms with van der Waals surface area (Å²) in [5, 5.41) is 0. The molecule has 3 aromatic carbocycles. The van der Waals surface area contributed by atoms with Gasteiger partial charge in [-0.1, -0.05) is 91.0 Å². The molecular weight excluding hydrogens is 296 g/mol. The van der Waals surface area contributed by atoms with Crippen LogP contribution in [0.25, 0.3) is 11.3 Å². The standard InChI is InChI=1S/C22H16O2/c23-22-20(17-12-6-2-7-13-17)19(16-10-4-1-5-11-16)21(24-22)18-14-8-3-9-15-18/h1-15,20H/t20-/m1/s1. The van der Waals surface area contributed by atoms with Crippen LogP contribution in [0.15, 0.2) is 91.0 Å². The SMILES string of the molecule is O=C1OC(c2ccccc2)=C(c2ccccc2)[C@H]1c1ccccc1. The highest BCUT2D eigenvalue weighted by Gasteiger charge is 2.38. The number of cyclic esters (lactones) is 1. The van der Waals surface area contributed by atoms with E-state index in [1.54, 1.807) is 0 Å². The van der Waals surface area contributed by atoms with E-state index in [9.17, 15) is 4.79 Å². The molecule has 0 saturated carbocycles. The van der Waals surface area contributed by atoms with Gasteiger partial charge < -0.3 is 4.74 Å². The number of ether oxygens (including phenoxy) is 1. The Morgan fingerprint density at radius 3 is 1.71 bits per heavy atom. The number of hydrogen-bond donors (Lipinski definition) is 0. The maximum Gasteiger partial charge on any atom is 0.323 e. The Labute approximate surface area is 141 Å². The third-order valence-electron chi connectivity index (χ3n) is 4.23. The Balaban J connectivity index is 1.94. The predicted molar refractivity (Wildman–Crippen MR) is 95.0 cm³/mol. The van der Waals surface area contributed by atoms with Crippen molar-refractivity contribution in [1.29, 1.82) is 0 Å². The van der Waals surface area contributed by atoms with Crippen molar-refractivity contribution in [3.63, 3.8) is 0 Å². The molecule has 0 aliphatic carbocycles. The molecule has 0 radical (unpaired) electrons. The summed E-state index contributed by atoms with van der Waals surface area (Å²) >= 11 is 0. The maximum absolute atomic E-state index is 12.7. The normalized spacial score (nSPS) is 17.0. The van der Waals surface area contributed by atoms with Gasteiger partial charge in [-0.05, 0) is 11.1 Å². The summed E-state index contributed by atoms with van der Waals surface area (Å²) < 4.78 is 5.72. The first-order chi connectivity index (χ1) is 11.8. The molecule has 24 heavy (non-hydrogen) atoms. The van der Waals surface area contributed by atoms with Gasteiger partial charge in [0.25, 0.3) is 0 Å². The fourth-order valence-corrected chi connectivity index (χ4v) is 3.13. The van der Waals surface area contributed by atoms with Crippen LogP contribution >= 0.6 is 0 Å². The van der Waals surface area contributed by atoms with Crippen LogP contribution in [-0.4, -0.2) is 5.97 Å². The van der Waals surface area contributed by atoms with Crippen LogP contribution in [-0.2, 0) is 9.53 Å². The smallest absolute Gasteiger partial charge is 0.323 e. The summed E-state index contributed by atoms with van der Waals surface area (Å²) in [4.78, 5) is 12.7. The van der Waals surface area contributed by atoms with E-state index in [2.05, 4.69) is 0 Å². The number of hydrogen-bond acceptors (Lipinski definition) is 2. The maximum atomic E-state index is 12.7. The lowest BCUT2D eigenvalue weighted by atomic mass is 9.86. The minimum atomic E-state index is -0.399. The zero-order valence-electron chi connectivity index (χ0n) is 13.1. The van der Waals surface area contributed by atoms with Gasteiger partial charge in [0.1, 0.15) is 11.7 Å². The molecule has 116 valence electrons. The summed E-state index contributed by atoms with van der Waals surface area (Å²) in [6.07, 6.45) is 0. The lowest BCUT2D eigenvalue weighted by Gasteiger charge is -2.12. The van der Waals surface area contributed by atoms with E-state index in [4.69, 9.17) is 4.74 Å². The van der Waals surface area contributed by atoms with E-state index >= 15 is 0 Å². The molecule has 0 unspecified atom stereocenters. The first-order valence-electron chi connectivity index (χ1n) is 7.96. The molecule has 0 spiro atoms. The molecule has 2 nitrogen and oxygen atoms in total. The van der Waals surface area contributed by atoms with Crippen LogP contribution in [0, 0.1) is 0 Å². The summed E-state index contributed by atoms with van der Waals surface area (Å²) in [6, 6.07) is 29.6. The highest BCUT2D eigenvalue weighted by Crippen LogP contribution is 2.45. The molecule has 0 N–H and O–H groups in total. The molecule has 0 bridgehead atoms. The molecule has 0 aromatic heterocycles. The van der Waals surface area contributed by atoms with Crippen LogP contribution < -0.4 is 0 Å². The second kappa shape index (κ2) is 6.17. The lowest BCUT2D eigenvalue weighted by molar-refractivity contribution is -0.135. The van der Waals surface area contributed by atoms with Gasteiger partial charge in [0, 0.05) is 11.1 Å². The van der Waals surface area contributed by atoms with Crippen molar-refractivity contribution in [3.8, 4) is 0 Å². The molecule has 1 aliphatic rings. The first kappa shape index (κ1) is 14.5. The fraction of sp³-hybridized carbons (Fsp3) is 0.0455. The summed E-state index contributed by atoms with van der Waals surface area (Å²) in [6.45, 7) is 0. The van der Waals surface area contributed by atoms with Crippen molar-refractivity contribution in [2.24, 2.45) is 0 Å². The minimum Gasteiger partial charge on any atom is -0.425 e. The largest absolute Gasteiger partial charge is 0.425 e. The Hall–Kier alpha value is -3.13. The minimum absolute atomic E-state index is 0.223. The van der Waals surface area contributed by atoms with E-state index in [0.29, 0.717) is 5.76 Å². The fourth-order valence-electron chi connectivity index (χ4n) is 3.13. The van der Waals surface area contributed by atoms with Crippen molar-refractivity contribution in [2.45, 2.75) is 5.92 Å². The van der Waals surface area contributed by atoms with Crippen LogP contribution in [0.3, 0.4) is 0 Å². The average molecular weight is 312 g/mol. The number of rotatable bonds is 3. The monoisotopic (exact) mass is 312 g/mol. The molecular formula is C22H16O2. The van der Waals surface area contributed by atoms with Crippen LogP contribution in [0.2, 0.25) is 0 Å². The van der Waals surface area contributed by atoms with E-state index in [1.165, 1.54) is 0 Å². The molecule has 0 fully saturated rings. The average Bonchev–Trinajstić information content (AvgIpc) is 3.01. The van der Waals surface area contributed by atoms with E-state index in [1.807, 2.05) is 91.0 Å². The zero-order chi connectivity index (χ0) is 16.4. The van der Waals surface area contributed by atoms with Crippen LogP contribution in [0.5, 0.6) is 0 Å². The Morgan fingerprint density at radius 1 is 0.625 bits per heavy atom. The Bertz CT molecular complexity index is 881. The Morgan fingerprint density at radius 2 is 1.12 bits per heavy atom. The second-order valence-corrected chi connectivity index (χ2v) is 5.74. The summed E-state index contributed by atoms with van der Waals surface area (Å²) in [7, 11) is 0. The highest BCUT2D eigenvalue weighted by atomic mass is 16.5. The quantitative estimate of drug-likeness (QED) is 0.643. The van der Waals surface area contributed by atoms with Crippen LogP contribution in [0.1, 0.15) is 22.6 Å². The van der Waals surface area contributed by atoms with E-state index in [-0.39, 0.29) is 5.97 Å². The molecule has 3 aromatic rings. The number of benzene rings is 3. The lowest BCUT2D eigenvalue weighted by Crippen LogP contribution is -2.09. The van der Waals surface area contributed by atoms with Crippen molar-refractivity contribution < 1.29 is 9.53 Å². The third-order valence-corrected chi connectivity index (χ3v) is 4.23. The van der Waals surface area contributed by atoms with Gasteiger partial charge in [0.2, 0.25) is 0 Å². The number of carbonyl (C=O) groups excluding carboxylic acids is 1. The van der Waals surface area contributed by atoms with E-state index < -0.39 is 5.92 Å². The second-order valence-electron chi connectivity index (χ2n) is 5.74. The zero-order valence-corrected chi connectivity index (χ0v) is 13.1. The molecule has 0 saturated heterocycles. The number of carbonyl (C=O) groups is 1. The molecule has 1 heterocycles. The molecule has 1 atom stereocenters. The third kappa shape index (κ3) is 2.52. The van der Waals surface area contributed by atoms with E-state index in [0.717, 1.165) is 22.3 Å². The first-order valence-corrected chi connectivity index (χ1v) is 7.96. The van der Waals surface area contributed by atoms with Gasteiger partial charge in [0.15, 0.2) is 0 Å². The molecule has 1 aliphatic heterocycles. The Kier molecular flexibility index (Phi) is 3.72. The van der Waals surface area contributed by atoms with Crippen LogP contribution in [0.4, 0.5) is 0 Å². The molecule has 4 rings (SSSR count). The van der Waals surface area contributed by atoms with Crippen molar-refractivity contribution in [1.82, 2.24) is 0 Å². The highest BCUT2D eigenvalue weighted by molar-refractivity contribution is 6.09. The van der Waals surface area contributed by atoms with Gasteiger partial charge in [-0.2, -0.15) is 0 Å². The molecule has 0 amide bonds. The van der Waals surface area contributed by atoms with Gasteiger partial charge in [-0.15, -0.1) is 0 Å². The number of esters is 1. The summed E-state index contributed by atoms with van der Waals surface area (Å²) in [5.74, 6) is 0.0309. The molecule has 2 heteroatoms. The predicted octanol–water partition coefficient (Wildman–Crippen LogP) is 4.90.